The van der Waals surface area contributed by atoms with E-state index in [0.29, 0.717) is 34.2 Å². The number of nitrogens with zero attached hydrogens (tertiary/aromatic N) is 2. The molecule has 0 unspecified atom stereocenters. The van der Waals surface area contributed by atoms with Gasteiger partial charge in [0, 0.05) is 23.6 Å². The minimum absolute atomic E-state index is 0.111. The lowest BCUT2D eigenvalue weighted by Gasteiger charge is -2.16. The Kier molecular flexibility index (Phi) is 6.59. The predicted molar refractivity (Wildman–Crippen MR) is 108 cm³/mol. The van der Waals surface area contributed by atoms with Crippen LogP contribution in [0, 0.1) is 11.3 Å². The summed E-state index contributed by atoms with van der Waals surface area (Å²) in [5, 5.41) is 13.4. The molecular formula is C20H20ClN3O2S. The number of rotatable bonds is 6. The lowest BCUT2D eigenvalue weighted by molar-refractivity contribution is -0.115. The molecule has 2 aromatic rings. The van der Waals surface area contributed by atoms with Crippen molar-refractivity contribution in [1.82, 2.24) is 4.98 Å². The molecule has 1 N–H and O–H groups in total. The van der Waals surface area contributed by atoms with Gasteiger partial charge in [-0.2, -0.15) is 5.26 Å². The van der Waals surface area contributed by atoms with Gasteiger partial charge < -0.3 is 10.1 Å². The molecule has 1 amide bonds. The van der Waals surface area contributed by atoms with Gasteiger partial charge in [-0.05, 0) is 55.5 Å². The minimum Gasteiger partial charge on any atom is -0.495 e. The van der Waals surface area contributed by atoms with Crippen molar-refractivity contribution in [3.05, 3.63) is 46.1 Å². The van der Waals surface area contributed by atoms with Crippen LogP contribution in [-0.4, -0.2) is 23.8 Å². The van der Waals surface area contributed by atoms with Gasteiger partial charge >= 0.3 is 0 Å². The van der Waals surface area contributed by atoms with Crippen molar-refractivity contribution in [2.75, 3.05) is 18.2 Å². The number of thioether (sulfide) groups is 1. The molecule has 1 aromatic heterocycles. The fourth-order valence-corrected chi connectivity index (χ4v) is 4.19. The molecule has 3 rings (SSSR count). The van der Waals surface area contributed by atoms with Crippen molar-refractivity contribution < 1.29 is 9.53 Å². The number of halogens is 1. The lowest BCUT2D eigenvalue weighted by atomic mass is 9.95. The molecule has 0 fully saturated rings. The van der Waals surface area contributed by atoms with Crippen molar-refractivity contribution in [1.29, 1.82) is 5.26 Å². The van der Waals surface area contributed by atoms with E-state index in [2.05, 4.69) is 16.4 Å². The first-order valence-electron chi connectivity index (χ1n) is 8.80. The van der Waals surface area contributed by atoms with E-state index in [1.165, 1.54) is 17.3 Å². The highest BCUT2D eigenvalue weighted by Crippen LogP contribution is 2.29. The number of amides is 1. The third-order valence-electron chi connectivity index (χ3n) is 4.39. The third-order valence-corrected chi connectivity index (χ3v) is 5.68. The predicted octanol–water partition coefficient (Wildman–Crippen LogP) is 4.61. The summed E-state index contributed by atoms with van der Waals surface area (Å²) in [7, 11) is 1.54. The standard InChI is InChI=1S/C20H20ClN3O2S/c1-26-18-7-6-15(11-16(18)21)23-19(25)8-9-27-20-14(12-22)10-13-4-2-3-5-17(13)24-20/h6-7,10-11H,2-5,8-9H2,1H3,(H,23,25). The van der Waals surface area contributed by atoms with Gasteiger partial charge in [-0.25, -0.2) is 4.98 Å². The van der Waals surface area contributed by atoms with Gasteiger partial charge in [-0.1, -0.05) is 11.6 Å². The monoisotopic (exact) mass is 401 g/mol. The molecule has 0 bridgehead atoms. The number of carbonyl (C=O) groups excluding carboxylic acids is 1. The molecule has 0 saturated carbocycles. The van der Waals surface area contributed by atoms with Crippen molar-refractivity contribution in [3.8, 4) is 11.8 Å². The van der Waals surface area contributed by atoms with E-state index in [9.17, 15) is 10.1 Å². The number of hydrogen-bond acceptors (Lipinski definition) is 5. The van der Waals surface area contributed by atoms with Gasteiger partial charge in [0.1, 0.15) is 16.8 Å². The van der Waals surface area contributed by atoms with E-state index in [4.69, 9.17) is 16.3 Å². The van der Waals surface area contributed by atoms with Crippen LogP contribution in [0.3, 0.4) is 0 Å². The van der Waals surface area contributed by atoms with E-state index in [0.717, 1.165) is 36.4 Å². The molecule has 1 aliphatic carbocycles. The molecule has 0 atom stereocenters. The Morgan fingerprint density at radius 2 is 2.19 bits per heavy atom. The van der Waals surface area contributed by atoms with Gasteiger partial charge in [-0.15, -0.1) is 11.8 Å². The average molecular weight is 402 g/mol. The number of nitriles is 1. The SMILES string of the molecule is COc1ccc(NC(=O)CCSc2nc3c(cc2C#N)CCCC3)cc1Cl. The van der Waals surface area contributed by atoms with Crippen molar-refractivity contribution in [3.63, 3.8) is 0 Å². The molecule has 27 heavy (non-hydrogen) atoms. The van der Waals surface area contributed by atoms with Gasteiger partial charge in [-0.3, -0.25) is 4.79 Å². The molecule has 1 aromatic carbocycles. The quantitative estimate of drug-likeness (QED) is 0.715. The number of aromatic nitrogens is 1. The van der Waals surface area contributed by atoms with Crippen LogP contribution in [-0.2, 0) is 17.6 Å². The van der Waals surface area contributed by atoms with E-state index < -0.39 is 0 Å². The summed E-state index contributed by atoms with van der Waals surface area (Å²) in [5.74, 6) is 1.00. The molecule has 0 radical (unpaired) electrons. The number of ether oxygens (including phenoxy) is 1. The molecule has 0 aliphatic heterocycles. The normalized spacial score (nSPS) is 12.8. The number of nitrogens with one attached hydrogen (secondary N) is 1. The Balaban J connectivity index is 1.57. The highest BCUT2D eigenvalue weighted by molar-refractivity contribution is 7.99. The maximum Gasteiger partial charge on any atom is 0.225 e. The van der Waals surface area contributed by atoms with E-state index in [-0.39, 0.29) is 5.91 Å². The summed E-state index contributed by atoms with van der Waals surface area (Å²) >= 11 is 7.52. The van der Waals surface area contributed by atoms with Crippen LogP contribution >= 0.6 is 23.4 Å². The smallest absolute Gasteiger partial charge is 0.225 e. The van der Waals surface area contributed by atoms with Crippen LogP contribution in [0.1, 0.15) is 36.1 Å². The van der Waals surface area contributed by atoms with Gasteiger partial charge in [0.2, 0.25) is 5.91 Å². The molecule has 0 saturated heterocycles. The molecule has 5 nitrogen and oxygen atoms in total. The Bertz CT molecular complexity index is 896. The number of methoxy groups -OCH3 is 1. The fraction of sp³-hybridized carbons (Fsp3) is 0.350. The van der Waals surface area contributed by atoms with Crippen LogP contribution < -0.4 is 10.1 Å². The maximum absolute atomic E-state index is 12.2. The van der Waals surface area contributed by atoms with Crippen LogP contribution in [0.25, 0.3) is 0 Å². The zero-order valence-electron chi connectivity index (χ0n) is 15.0. The van der Waals surface area contributed by atoms with Gasteiger partial charge in [0.15, 0.2) is 0 Å². The summed E-state index contributed by atoms with van der Waals surface area (Å²) < 4.78 is 5.10. The van der Waals surface area contributed by atoms with E-state index in [1.54, 1.807) is 25.3 Å². The highest BCUT2D eigenvalue weighted by atomic mass is 35.5. The minimum atomic E-state index is -0.111. The van der Waals surface area contributed by atoms with Gasteiger partial charge in [0.25, 0.3) is 0 Å². The molecule has 1 heterocycles. The van der Waals surface area contributed by atoms with Crippen molar-refractivity contribution >= 4 is 35.0 Å². The van der Waals surface area contributed by atoms with Crippen LogP contribution in [0.5, 0.6) is 5.75 Å². The third kappa shape index (κ3) is 4.94. The molecule has 7 heteroatoms. The Hall–Kier alpha value is -2.23. The highest BCUT2D eigenvalue weighted by Gasteiger charge is 2.16. The number of hydrogen-bond donors (Lipinski definition) is 1. The van der Waals surface area contributed by atoms with E-state index in [1.807, 2.05) is 6.07 Å². The zero-order valence-corrected chi connectivity index (χ0v) is 16.6. The number of aryl methyl sites for hydroxylation is 2. The summed E-state index contributed by atoms with van der Waals surface area (Å²) in [6.07, 6.45) is 4.57. The maximum atomic E-state index is 12.2. The second-order valence-electron chi connectivity index (χ2n) is 6.26. The molecule has 1 aliphatic rings. The summed E-state index contributed by atoms with van der Waals surface area (Å²) in [6, 6.07) is 9.30. The van der Waals surface area contributed by atoms with Crippen LogP contribution in [0.4, 0.5) is 5.69 Å². The first-order chi connectivity index (χ1) is 13.1. The fourth-order valence-electron chi connectivity index (χ4n) is 3.01. The number of pyridine rings is 1. The van der Waals surface area contributed by atoms with Crippen LogP contribution in [0.15, 0.2) is 29.3 Å². The Morgan fingerprint density at radius 1 is 1.37 bits per heavy atom. The van der Waals surface area contributed by atoms with Crippen molar-refractivity contribution in [2.24, 2.45) is 0 Å². The topological polar surface area (TPSA) is 75.0 Å². The lowest BCUT2D eigenvalue weighted by Crippen LogP contribution is -2.12. The number of benzene rings is 1. The largest absolute Gasteiger partial charge is 0.495 e. The van der Waals surface area contributed by atoms with Crippen molar-refractivity contribution in [2.45, 2.75) is 37.1 Å². The summed E-state index contributed by atoms with van der Waals surface area (Å²) in [4.78, 5) is 16.8. The first kappa shape index (κ1) is 19.5. The number of fused-ring (bicyclic) bond motifs is 1. The zero-order chi connectivity index (χ0) is 19.2. The van der Waals surface area contributed by atoms with Gasteiger partial charge in [0.05, 0.1) is 17.7 Å². The first-order valence-corrected chi connectivity index (χ1v) is 10.2. The number of carbonyl (C=O) groups is 1. The van der Waals surface area contributed by atoms with E-state index >= 15 is 0 Å². The number of anilines is 1. The second kappa shape index (κ2) is 9.12. The Labute approximate surface area is 168 Å². The molecule has 140 valence electrons. The molecule has 0 spiro atoms. The van der Waals surface area contributed by atoms with Crippen LogP contribution in [0.2, 0.25) is 5.02 Å². The molecular weight excluding hydrogens is 382 g/mol. The summed E-state index contributed by atoms with van der Waals surface area (Å²) in [5.41, 5.74) is 3.51. The Morgan fingerprint density at radius 3 is 2.93 bits per heavy atom. The second-order valence-corrected chi connectivity index (χ2v) is 7.75. The average Bonchev–Trinajstić information content (AvgIpc) is 2.67. The summed E-state index contributed by atoms with van der Waals surface area (Å²) in [6.45, 7) is 0.